The van der Waals surface area contributed by atoms with Gasteiger partial charge in [0, 0.05) is 11.8 Å². The van der Waals surface area contributed by atoms with Gasteiger partial charge in [0.15, 0.2) is 0 Å². The van der Waals surface area contributed by atoms with Gasteiger partial charge in [-0.3, -0.25) is 0 Å². The van der Waals surface area contributed by atoms with Crippen LogP contribution >= 0.6 is 11.8 Å². The fraction of sp³-hybridized carbons (Fsp3) is 0.600. The van der Waals surface area contributed by atoms with Crippen LogP contribution in [0.2, 0.25) is 0 Å². The molecule has 3 nitrogen and oxygen atoms in total. The van der Waals surface area contributed by atoms with E-state index in [0.717, 1.165) is 17.3 Å². The molecule has 0 aliphatic carbocycles. The van der Waals surface area contributed by atoms with E-state index in [0.29, 0.717) is 5.82 Å². The zero-order valence-corrected chi connectivity index (χ0v) is 9.60. The topological polar surface area (TPSA) is 51.8 Å². The lowest BCUT2D eigenvalue weighted by Gasteiger charge is -2.02. The third-order valence-corrected chi connectivity index (χ3v) is 2.83. The van der Waals surface area contributed by atoms with Crippen molar-refractivity contribution in [2.45, 2.75) is 32.4 Å². The van der Waals surface area contributed by atoms with Crippen LogP contribution < -0.4 is 5.73 Å². The molecule has 4 heteroatoms. The summed E-state index contributed by atoms with van der Waals surface area (Å²) in [7, 11) is 0. The lowest BCUT2D eigenvalue weighted by molar-refractivity contribution is 0.894. The van der Waals surface area contributed by atoms with Crippen molar-refractivity contribution in [3.05, 3.63) is 17.6 Å². The van der Waals surface area contributed by atoms with E-state index in [4.69, 9.17) is 5.73 Å². The molecule has 78 valence electrons. The van der Waals surface area contributed by atoms with Gasteiger partial charge in [0.05, 0.1) is 5.75 Å². The van der Waals surface area contributed by atoms with Crippen LogP contribution in [-0.4, -0.2) is 15.7 Å². The highest BCUT2D eigenvalue weighted by Crippen LogP contribution is 2.12. The minimum Gasteiger partial charge on any atom is -0.384 e. The van der Waals surface area contributed by atoms with Gasteiger partial charge in [-0.15, -0.1) is 0 Å². The number of nitrogens with zero attached hydrogens (tertiary/aromatic N) is 2. The van der Waals surface area contributed by atoms with Gasteiger partial charge >= 0.3 is 0 Å². The molecular formula is C10H17N3S. The van der Waals surface area contributed by atoms with Crippen LogP contribution in [0, 0.1) is 6.92 Å². The summed E-state index contributed by atoms with van der Waals surface area (Å²) >= 11 is 1.87. The Bertz CT molecular complexity index is 268. The van der Waals surface area contributed by atoms with E-state index in [1.165, 1.54) is 18.6 Å². The molecule has 1 aromatic heterocycles. The van der Waals surface area contributed by atoms with Gasteiger partial charge in [0.1, 0.15) is 11.6 Å². The minimum atomic E-state index is 0.573. The molecule has 0 unspecified atom stereocenters. The Morgan fingerprint density at radius 2 is 2.21 bits per heavy atom. The zero-order valence-electron chi connectivity index (χ0n) is 8.79. The minimum absolute atomic E-state index is 0.573. The molecule has 0 atom stereocenters. The Kier molecular flexibility index (Phi) is 4.73. The van der Waals surface area contributed by atoms with E-state index >= 15 is 0 Å². The second kappa shape index (κ2) is 5.86. The van der Waals surface area contributed by atoms with Gasteiger partial charge in [0.25, 0.3) is 0 Å². The molecule has 0 aliphatic heterocycles. The van der Waals surface area contributed by atoms with Crippen LogP contribution in [0.25, 0.3) is 0 Å². The van der Waals surface area contributed by atoms with Crippen LogP contribution in [0.1, 0.15) is 31.3 Å². The van der Waals surface area contributed by atoms with Crippen molar-refractivity contribution in [1.29, 1.82) is 0 Å². The number of hydrogen-bond donors (Lipinski definition) is 1. The average molecular weight is 211 g/mol. The molecular weight excluding hydrogens is 194 g/mol. The van der Waals surface area contributed by atoms with Crippen LogP contribution in [-0.2, 0) is 5.75 Å². The maximum atomic E-state index is 5.63. The third-order valence-electron chi connectivity index (χ3n) is 1.79. The zero-order chi connectivity index (χ0) is 10.4. The predicted octanol–water partition coefficient (Wildman–Crippen LogP) is 2.40. The van der Waals surface area contributed by atoms with Crippen LogP contribution in [0.3, 0.4) is 0 Å². The molecule has 1 aromatic rings. The summed E-state index contributed by atoms with van der Waals surface area (Å²) in [6, 6.07) is 1.79. The molecule has 1 rings (SSSR count). The molecule has 0 radical (unpaired) electrons. The van der Waals surface area contributed by atoms with Gasteiger partial charge < -0.3 is 5.73 Å². The normalized spacial score (nSPS) is 10.4. The first kappa shape index (κ1) is 11.3. The number of aromatic nitrogens is 2. The van der Waals surface area contributed by atoms with Crippen molar-refractivity contribution in [2.24, 2.45) is 0 Å². The van der Waals surface area contributed by atoms with Crippen molar-refractivity contribution in [3.8, 4) is 0 Å². The van der Waals surface area contributed by atoms with E-state index in [-0.39, 0.29) is 0 Å². The molecule has 0 bridgehead atoms. The Labute approximate surface area is 89.5 Å². The highest BCUT2D eigenvalue weighted by Gasteiger charge is 1.99. The highest BCUT2D eigenvalue weighted by molar-refractivity contribution is 7.98. The molecule has 0 aliphatic rings. The van der Waals surface area contributed by atoms with E-state index < -0.39 is 0 Å². The molecule has 0 amide bonds. The lowest BCUT2D eigenvalue weighted by atomic mass is 10.4. The van der Waals surface area contributed by atoms with Gasteiger partial charge in [-0.2, -0.15) is 11.8 Å². The van der Waals surface area contributed by atoms with Crippen LogP contribution in [0.4, 0.5) is 5.82 Å². The average Bonchev–Trinajstić information content (AvgIpc) is 2.11. The summed E-state index contributed by atoms with van der Waals surface area (Å²) in [6.07, 6.45) is 2.50. The molecule has 0 aromatic carbocycles. The highest BCUT2D eigenvalue weighted by atomic mass is 32.2. The van der Waals surface area contributed by atoms with Crippen molar-refractivity contribution in [2.75, 3.05) is 11.5 Å². The second-order valence-electron chi connectivity index (χ2n) is 3.26. The van der Waals surface area contributed by atoms with E-state index in [1.54, 1.807) is 6.07 Å². The van der Waals surface area contributed by atoms with Gasteiger partial charge in [0.2, 0.25) is 0 Å². The van der Waals surface area contributed by atoms with Crippen LogP contribution in [0.5, 0.6) is 0 Å². The Hall–Kier alpha value is -0.770. The van der Waals surface area contributed by atoms with Gasteiger partial charge in [-0.05, 0) is 19.1 Å². The Balaban J connectivity index is 2.42. The molecule has 0 saturated carbocycles. The molecule has 0 saturated heterocycles. The number of anilines is 1. The number of hydrogen-bond acceptors (Lipinski definition) is 4. The molecule has 14 heavy (non-hydrogen) atoms. The lowest BCUT2D eigenvalue weighted by Crippen LogP contribution is -2.00. The third kappa shape index (κ3) is 3.96. The molecule has 2 N–H and O–H groups in total. The maximum absolute atomic E-state index is 5.63. The quantitative estimate of drug-likeness (QED) is 0.760. The van der Waals surface area contributed by atoms with Crippen molar-refractivity contribution in [3.63, 3.8) is 0 Å². The summed E-state index contributed by atoms with van der Waals surface area (Å²) in [5.74, 6) is 3.46. The second-order valence-corrected chi connectivity index (χ2v) is 4.36. The van der Waals surface area contributed by atoms with Crippen molar-refractivity contribution in [1.82, 2.24) is 9.97 Å². The van der Waals surface area contributed by atoms with E-state index in [9.17, 15) is 0 Å². The van der Waals surface area contributed by atoms with Crippen LogP contribution in [0.15, 0.2) is 6.07 Å². The summed E-state index contributed by atoms with van der Waals surface area (Å²) in [5.41, 5.74) is 6.58. The standard InChI is InChI=1S/C10H17N3S/c1-3-4-5-14-7-10-12-8(2)6-9(11)13-10/h6H,3-5,7H2,1-2H3,(H2,11,12,13). The summed E-state index contributed by atoms with van der Waals surface area (Å²) < 4.78 is 0. The summed E-state index contributed by atoms with van der Waals surface area (Å²) in [5, 5.41) is 0. The van der Waals surface area contributed by atoms with Crippen molar-refractivity contribution >= 4 is 17.6 Å². The molecule has 1 heterocycles. The van der Waals surface area contributed by atoms with E-state index in [1.807, 2.05) is 18.7 Å². The fourth-order valence-corrected chi connectivity index (χ4v) is 2.08. The number of nitrogens with two attached hydrogens (primary N) is 1. The summed E-state index contributed by atoms with van der Waals surface area (Å²) in [6.45, 7) is 4.14. The monoisotopic (exact) mass is 211 g/mol. The SMILES string of the molecule is CCCCSCc1nc(C)cc(N)n1. The Morgan fingerprint density at radius 1 is 1.43 bits per heavy atom. The fourth-order valence-electron chi connectivity index (χ4n) is 1.13. The first-order valence-electron chi connectivity index (χ1n) is 4.90. The number of nitrogen functional groups attached to an aromatic ring is 1. The number of rotatable bonds is 5. The molecule has 0 fully saturated rings. The maximum Gasteiger partial charge on any atom is 0.140 e. The van der Waals surface area contributed by atoms with E-state index in [2.05, 4.69) is 16.9 Å². The van der Waals surface area contributed by atoms with Gasteiger partial charge in [-0.1, -0.05) is 13.3 Å². The number of unbranched alkanes of at least 4 members (excludes halogenated alkanes) is 1. The smallest absolute Gasteiger partial charge is 0.140 e. The largest absolute Gasteiger partial charge is 0.384 e. The van der Waals surface area contributed by atoms with Crippen molar-refractivity contribution < 1.29 is 0 Å². The first-order chi connectivity index (χ1) is 6.72. The first-order valence-corrected chi connectivity index (χ1v) is 6.05. The van der Waals surface area contributed by atoms with Gasteiger partial charge in [-0.25, -0.2) is 9.97 Å². The number of aryl methyl sites for hydroxylation is 1. The predicted molar refractivity (Wildman–Crippen MR) is 62.3 cm³/mol. The molecule has 0 spiro atoms. The Morgan fingerprint density at radius 3 is 2.86 bits per heavy atom. The summed E-state index contributed by atoms with van der Waals surface area (Å²) in [4.78, 5) is 8.50. The number of thioether (sulfide) groups is 1.